The maximum Gasteiger partial charge on any atom is 0.0633 e. The lowest BCUT2D eigenvalue weighted by Gasteiger charge is -2.30. The Hall–Kier alpha value is -0.120. The van der Waals surface area contributed by atoms with E-state index in [0.29, 0.717) is 0 Å². The lowest BCUT2D eigenvalue weighted by Crippen LogP contribution is -2.51. The summed E-state index contributed by atoms with van der Waals surface area (Å²) in [6, 6.07) is 0. The van der Waals surface area contributed by atoms with Crippen LogP contribution in [0.25, 0.3) is 0 Å². The van der Waals surface area contributed by atoms with Crippen LogP contribution in [0, 0.1) is 5.41 Å². The summed E-state index contributed by atoms with van der Waals surface area (Å²) < 4.78 is 0. The van der Waals surface area contributed by atoms with Crippen molar-refractivity contribution in [2.75, 3.05) is 19.8 Å². The van der Waals surface area contributed by atoms with E-state index in [1.54, 1.807) is 6.92 Å². The molecule has 0 radical (unpaired) electrons. The van der Waals surface area contributed by atoms with E-state index in [4.69, 9.17) is 10.2 Å². The van der Waals surface area contributed by atoms with E-state index >= 15 is 0 Å². The van der Waals surface area contributed by atoms with Gasteiger partial charge in [-0.25, -0.2) is 0 Å². The fourth-order valence-corrected chi connectivity index (χ4v) is 0.640. The summed E-state index contributed by atoms with van der Waals surface area (Å²) in [6.07, 6.45) is 0. The SMILES string of the molecule is CC(C)(C)CNC(C)(CO)CO. The first-order chi connectivity index (χ1) is 5.33. The van der Waals surface area contributed by atoms with Gasteiger partial charge in [-0.15, -0.1) is 0 Å². The highest BCUT2D eigenvalue weighted by Gasteiger charge is 2.23. The number of hydrogen-bond donors (Lipinski definition) is 3. The van der Waals surface area contributed by atoms with E-state index < -0.39 is 5.54 Å². The predicted octanol–water partition coefficient (Wildman–Crippen LogP) is 0.365. The van der Waals surface area contributed by atoms with E-state index in [1.165, 1.54) is 0 Å². The molecule has 0 aromatic heterocycles. The second-order valence-electron chi connectivity index (χ2n) is 4.79. The summed E-state index contributed by atoms with van der Waals surface area (Å²) in [5, 5.41) is 21.1. The second-order valence-corrected chi connectivity index (χ2v) is 4.79. The third-order valence-corrected chi connectivity index (χ3v) is 1.74. The third-order valence-electron chi connectivity index (χ3n) is 1.74. The van der Waals surface area contributed by atoms with Crippen molar-refractivity contribution in [3.63, 3.8) is 0 Å². The molecular formula is C9H21NO2. The molecule has 74 valence electrons. The van der Waals surface area contributed by atoms with Crippen LogP contribution in [0.4, 0.5) is 0 Å². The molecule has 0 aromatic carbocycles. The zero-order chi connectivity index (χ0) is 9.83. The summed E-state index contributed by atoms with van der Waals surface area (Å²) in [5.74, 6) is 0. The van der Waals surface area contributed by atoms with Gasteiger partial charge in [0.1, 0.15) is 0 Å². The Balaban J connectivity index is 3.89. The van der Waals surface area contributed by atoms with Gasteiger partial charge in [0.25, 0.3) is 0 Å². The van der Waals surface area contributed by atoms with Gasteiger partial charge in [-0.3, -0.25) is 0 Å². The summed E-state index contributed by atoms with van der Waals surface area (Å²) in [4.78, 5) is 0. The van der Waals surface area contributed by atoms with E-state index in [2.05, 4.69) is 26.1 Å². The Bertz CT molecular complexity index is 125. The van der Waals surface area contributed by atoms with Crippen molar-refractivity contribution in [3.05, 3.63) is 0 Å². The van der Waals surface area contributed by atoms with Crippen LogP contribution in [0.15, 0.2) is 0 Å². The van der Waals surface area contributed by atoms with E-state index in [9.17, 15) is 0 Å². The molecule has 3 nitrogen and oxygen atoms in total. The Kier molecular flexibility index (Phi) is 4.17. The van der Waals surface area contributed by atoms with Crippen molar-refractivity contribution in [1.82, 2.24) is 5.32 Å². The average molecular weight is 175 g/mol. The molecule has 0 saturated carbocycles. The number of hydrogen-bond acceptors (Lipinski definition) is 3. The van der Waals surface area contributed by atoms with Crippen LogP contribution in [-0.4, -0.2) is 35.5 Å². The van der Waals surface area contributed by atoms with Crippen LogP contribution >= 0.6 is 0 Å². The molecule has 0 saturated heterocycles. The van der Waals surface area contributed by atoms with Crippen LogP contribution in [0.2, 0.25) is 0 Å². The predicted molar refractivity (Wildman–Crippen MR) is 50.0 cm³/mol. The summed E-state index contributed by atoms with van der Waals surface area (Å²) in [6.45, 7) is 8.82. The molecule has 0 unspecified atom stereocenters. The number of nitrogens with one attached hydrogen (secondary N) is 1. The van der Waals surface area contributed by atoms with Crippen molar-refractivity contribution in [1.29, 1.82) is 0 Å². The summed E-state index contributed by atoms with van der Waals surface area (Å²) in [7, 11) is 0. The average Bonchev–Trinajstić information content (AvgIpc) is 1.99. The maximum atomic E-state index is 8.96. The van der Waals surface area contributed by atoms with Gasteiger partial charge in [0.05, 0.1) is 18.8 Å². The smallest absolute Gasteiger partial charge is 0.0633 e. The van der Waals surface area contributed by atoms with Gasteiger partial charge < -0.3 is 15.5 Å². The molecule has 0 rings (SSSR count). The monoisotopic (exact) mass is 175 g/mol. The number of aliphatic hydroxyl groups is 2. The van der Waals surface area contributed by atoms with E-state index in [1.807, 2.05) is 0 Å². The molecule has 3 heteroatoms. The second kappa shape index (κ2) is 4.21. The topological polar surface area (TPSA) is 52.5 Å². The van der Waals surface area contributed by atoms with E-state index in [0.717, 1.165) is 6.54 Å². The first-order valence-electron chi connectivity index (χ1n) is 4.30. The highest BCUT2D eigenvalue weighted by Crippen LogP contribution is 2.12. The first-order valence-corrected chi connectivity index (χ1v) is 4.30. The quantitative estimate of drug-likeness (QED) is 0.578. The Morgan fingerprint density at radius 3 is 1.67 bits per heavy atom. The lowest BCUT2D eigenvalue weighted by atomic mass is 9.94. The molecule has 0 fully saturated rings. The van der Waals surface area contributed by atoms with Gasteiger partial charge in [-0.05, 0) is 12.3 Å². The zero-order valence-corrected chi connectivity index (χ0v) is 8.52. The Morgan fingerprint density at radius 2 is 1.42 bits per heavy atom. The molecule has 0 spiro atoms. The standard InChI is InChI=1S/C9H21NO2/c1-8(2,3)5-10-9(4,6-11)7-12/h10-12H,5-7H2,1-4H3. The molecular weight excluding hydrogens is 154 g/mol. The normalized spacial score (nSPS) is 13.5. The van der Waals surface area contributed by atoms with Crippen LogP contribution in [-0.2, 0) is 0 Å². The fraction of sp³-hybridized carbons (Fsp3) is 1.00. The highest BCUT2D eigenvalue weighted by atomic mass is 16.3. The van der Waals surface area contributed by atoms with Gasteiger partial charge in [0.2, 0.25) is 0 Å². The minimum atomic E-state index is -0.548. The molecule has 0 heterocycles. The van der Waals surface area contributed by atoms with Gasteiger partial charge in [-0.1, -0.05) is 20.8 Å². The van der Waals surface area contributed by atoms with Crippen LogP contribution in [0.1, 0.15) is 27.7 Å². The van der Waals surface area contributed by atoms with Crippen LogP contribution in [0.3, 0.4) is 0 Å². The molecule has 0 aromatic rings. The van der Waals surface area contributed by atoms with Gasteiger partial charge in [0, 0.05) is 6.54 Å². The zero-order valence-electron chi connectivity index (χ0n) is 8.52. The molecule has 0 amide bonds. The maximum absolute atomic E-state index is 8.96. The van der Waals surface area contributed by atoms with Crippen molar-refractivity contribution < 1.29 is 10.2 Å². The number of aliphatic hydroxyl groups excluding tert-OH is 2. The van der Waals surface area contributed by atoms with Crippen molar-refractivity contribution in [2.24, 2.45) is 5.41 Å². The lowest BCUT2D eigenvalue weighted by molar-refractivity contribution is 0.0960. The molecule has 0 aliphatic rings. The Morgan fingerprint density at radius 1 is 1.00 bits per heavy atom. The van der Waals surface area contributed by atoms with Crippen molar-refractivity contribution >= 4 is 0 Å². The number of rotatable bonds is 4. The molecule has 0 aliphatic heterocycles. The largest absolute Gasteiger partial charge is 0.394 e. The summed E-state index contributed by atoms with van der Waals surface area (Å²) in [5.41, 5.74) is -0.376. The fourth-order valence-electron chi connectivity index (χ4n) is 0.640. The van der Waals surface area contributed by atoms with Crippen molar-refractivity contribution in [2.45, 2.75) is 33.2 Å². The summed E-state index contributed by atoms with van der Waals surface area (Å²) >= 11 is 0. The van der Waals surface area contributed by atoms with Crippen LogP contribution < -0.4 is 5.32 Å². The molecule has 3 N–H and O–H groups in total. The molecule has 12 heavy (non-hydrogen) atoms. The minimum Gasteiger partial charge on any atom is -0.394 e. The Labute approximate surface area is 74.8 Å². The van der Waals surface area contributed by atoms with Gasteiger partial charge in [-0.2, -0.15) is 0 Å². The van der Waals surface area contributed by atoms with Crippen molar-refractivity contribution in [3.8, 4) is 0 Å². The molecule has 0 aliphatic carbocycles. The van der Waals surface area contributed by atoms with Crippen LogP contribution in [0.5, 0.6) is 0 Å². The first kappa shape index (κ1) is 11.9. The molecule has 0 bridgehead atoms. The molecule has 0 atom stereocenters. The van der Waals surface area contributed by atoms with Gasteiger partial charge >= 0.3 is 0 Å². The third kappa shape index (κ3) is 4.70. The minimum absolute atomic E-state index is 0.0421. The highest BCUT2D eigenvalue weighted by molar-refractivity contribution is 4.83. The van der Waals surface area contributed by atoms with Gasteiger partial charge in [0.15, 0.2) is 0 Å². The van der Waals surface area contributed by atoms with E-state index in [-0.39, 0.29) is 18.6 Å².